The van der Waals surface area contributed by atoms with Crippen LogP contribution in [-0.4, -0.2) is 31.9 Å². The van der Waals surface area contributed by atoms with Crippen LogP contribution < -0.4 is 10.1 Å². The molecule has 7 nitrogen and oxygen atoms in total. The number of pyridine rings is 1. The van der Waals surface area contributed by atoms with Crippen molar-refractivity contribution in [3.63, 3.8) is 0 Å². The van der Waals surface area contributed by atoms with E-state index in [2.05, 4.69) is 26.7 Å². The highest BCUT2D eigenvalue weighted by atomic mass is 19.3. The molecule has 0 bridgehead atoms. The third kappa shape index (κ3) is 4.57. The van der Waals surface area contributed by atoms with E-state index in [0.717, 1.165) is 6.08 Å². The number of halogens is 2. The molecule has 9 heteroatoms. The van der Waals surface area contributed by atoms with Crippen LogP contribution >= 0.6 is 0 Å². The summed E-state index contributed by atoms with van der Waals surface area (Å²) in [6.07, 6.45) is -1.38. The molecule has 0 radical (unpaired) electrons. The van der Waals surface area contributed by atoms with Crippen molar-refractivity contribution < 1.29 is 23.4 Å². The molecule has 1 atom stereocenters. The van der Waals surface area contributed by atoms with Gasteiger partial charge in [0, 0.05) is 13.1 Å². The molecule has 2 heterocycles. The van der Waals surface area contributed by atoms with Crippen molar-refractivity contribution >= 4 is 16.9 Å². The number of benzene rings is 1. The fourth-order valence-electron chi connectivity index (χ4n) is 2.90. The Kier molecular flexibility index (Phi) is 5.60. The highest BCUT2D eigenvalue weighted by molar-refractivity contribution is 5.88. The number of aromatic nitrogens is 3. The van der Waals surface area contributed by atoms with Crippen LogP contribution in [0.25, 0.3) is 16.7 Å². The van der Waals surface area contributed by atoms with Gasteiger partial charge in [-0.1, -0.05) is 6.58 Å². The van der Waals surface area contributed by atoms with Gasteiger partial charge in [-0.25, -0.2) is 9.67 Å². The third-order valence-electron chi connectivity index (χ3n) is 4.12. The summed E-state index contributed by atoms with van der Waals surface area (Å²) >= 11 is 0. The fraction of sp³-hybridized carbons (Fsp3) is 0.250. The third-order valence-corrected chi connectivity index (χ3v) is 4.12. The number of nitrogens with one attached hydrogen (secondary N) is 1. The first-order valence-electron chi connectivity index (χ1n) is 8.81. The largest absolute Gasteiger partial charge is 0.433 e. The molecule has 0 aliphatic heterocycles. The normalized spacial score (nSPS) is 12.6. The molecule has 0 aliphatic rings. The van der Waals surface area contributed by atoms with E-state index >= 15 is 0 Å². The first-order valence-corrected chi connectivity index (χ1v) is 8.81. The monoisotopic (exact) mass is 402 g/mol. The van der Waals surface area contributed by atoms with E-state index in [1.165, 1.54) is 16.8 Å². The van der Waals surface area contributed by atoms with Gasteiger partial charge < -0.3 is 15.2 Å². The van der Waals surface area contributed by atoms with Crippen molar-refractivity contribution in [2.24, 2.45) is 0 Å². The number of aliphatic hydroxyl groups is 1. The smallest absolute Gasteiger partial charge is 0.394 e. The van der Waals surface area contributed by atoms with Gasteiger partial charge in [0.25, 0.3) is 0 Å². The van der Waals surface area contributed by atoms with Crippen LogP contribution in [0.2, 0.25) is 0 Å². The molecule has 1 amide bonds. The number of carbonyl (C=O) groups is 1. The molecule has 3 aromatic rings. The van der Waals surface area contributed by atoms with Crippen LogP contribution in [-0.2, 0) is 11.3 Å². The zero-order valence-corrected chi connectivity index (χ0v) is 15.9. The second kappa shape index (κ2) is 7.96. The van der Waals surface area contributed by atoms with E-state index in [1.807, 2.05) is 0 Å². The van der Waals surface area contributed by atoms with Gasteiger partial charge in [0.2, 0.25) is 5.91 Å². The van der Waals surface area contributed by atoms with Crippen LogP contribution in [0.15, 0.2) is 49.2 Å². The van der Waals surface area contributed by atoms with Crippen LogP contribution in [0.3, 0.4) is 0 Å². The van der Waals surface area contributed by atoms with Crippen molar-refractivity contribution in [3.8, 4) is 11.4 Å². The lowest BCUT2D eigenvalue weighted by molar-refractivity contribution is -0.158. The van der Waals surface area contributed by atoms with Crippen LogP contribution in [0.4, 0.5) is 8.78 Å². The van der Waals surface area contributed by atoms with Gasteiger partial charge in [-0.05, 0) is 48.9 Å². The SMILES string of the molecule is C=CC(=O)NCc1nn(-c2ccc(OC(C)(F)F)cc2)c2nccc([C@@H](C)O)c12. The maximum absolute atomic E-state index is 13.0. The lowest BCUT2D eigenvalue weighted by atomic mass is 10.1. The number of nitrogens with zero attached hydrogens (tertiary/aromatic N) is 3. The molecular weight excluding hydrogens is 382 g/mol. The summed E-state index contributed by atoms with van der Waals surface area (Å²) in [6.45, 7) is 5.79. The predicted molar refractivity (Wildman–Crippen MR) is 103 cm³/mol. The van der Waals surface area contributed by atoms with Gasteiger partial charge >= 0.3 is 6.11 Å². The fourth-order valence-corrected chi connectivity index (χ4v) is 2.90. The summed E-state index contributed by atoms with van der Waals surface area (Å²) in [7, 11) is 0. The molecule has 29 heavy (non-hydrogen) atoms. The van der Waals surface area contributed by atoms with Crippen LogP contribution in [0, 0.1) is 0 Å². The van der Waals surface area contributed by atoms with E-state index in [9.17, 15) is 18.7 Å². The molecule has 0 saturated carbocycles. The average Bonchev–Trinajstić information content (AvgIpc) is 3.04. The minimum atomic E-state index is -3.29. The molecule has 152 valence electrons. The Morgan fingerprint density at radius 1 is 1.38 bits per heavy atom. The Morgan fingerprint density at radius 3 is 2.66 bits per heavy atom. The molecule has 2 N–H and O–H groups in total. The molecule has 1 aromatic carbocycles. The van der Waals surface area contributed by atoms with Crippen molar-refractivity contribution in [3.05, 3.63) is 60.4 Å². The summed E-state index contributed by atoms with van der Waals surface area (Å²) in [6, 6.07) is 7.61. The van der Waals surface area contributed by atoms with Gasteiger partial charge in [-0.2, -0.15) is 13.9 Å². The number of rotatable bonds is 7. The minimum absolute atomic E-state index is 0.00816. The topological polar surface area (TPSA) is 89.3 Å². The lowest BCUT2D eigenvalue weighted by Crippen LogP contribution is -2.20. The van der Waals surface area contributed by atoms with Crippen molar-refractivity contribution in [1.29, 1.82) is 0 Å². The van der Waals surface area contributed by atoms with Gasteiger partial charge in [0.05, 0.1) is 29.4 Å². The van der Waals surface area contributed by atoms with Gasteiger partial charge in [0.1, 0.15) is 5.75 Å². The van der Waals surface area contributed by atoms with E-state index < -0.39 is 12.2 Å². The number of amides is 1. The van der Waals surface area contributed by atoms with Gasteiger partial charge in [0.15, 0.2) is 5.65 Å². The summed E-state index contributed by atoms with van der Waals surface area (Å²) < 4.78 is 32.1. The lowest BCUT2D eigenvalue weighted by Gasteiger charge is -2.13. The number of hydrogen-bond acceptors (Lipinski definition) is 5. The molecule has 0 unspecified atom stereocenters. The van der Waals surface area contributed by atoms with Gasteiger partial charge in [-0.15, -0.1) is 0 Å². The maximum Gasteiger partial charge on any atom is 0.394 e. The summed E-state index contributed by atoms with van der Waals surface area (Å²) in [5.74, 6) is -0.356. The highest BCUT2D eigenvalue weighted by Crippen LogP contribution is 2.29. The highest BCUT2D eigenvalue weighted by Gasteiger charge is 2.23. The zero-order chi connectivity index (χ0) is 21.2. The van der Waals surface area contributed by atoms with E-state index in [-0.39, 0.29) is 18.2 Å². The second-order valence-corrected chi connectivity index (χ2v) is 6.46. The molecule has 0 spiro atoms. The number of hydrogen-bond donors (Lipinski definition) is 2. The quantitative estimate of drug-likeness (QED) is 0.592. The standard InChI is InChI=1S/C20H20F2N4O3/c1-4-17(28)24-11-16-18-15(12(2)27)9-10-23-19(18)26(25-16)13-5-7-14(8-6-13)29-20(3,21)22/h4-10,12,27H,1,11H2,2-3H3,(H,24,28)/t12-/m1/s1. The van der Waals surface area contributed by atoms with Gasteiger partial charge in [-0.3, -0.25) is 4.79 Å². The Hall–Kier alpha value is -3.33. The zero-order valence-electron chi connectivity index (χ0n) is 15.9. The Bertz CT molecular complexity index is 1040. The van der Waals surface area contributed by atoms with E-state index in [1.54, 1.807) is 31.3 Å². The number of alkyl halides is 2. The summed E-state index contributed by atoms with van der Waals surface area (Å²) in [5, 5.41) is 17.9. The Morgan fingerprint density at radius 2 is 2.07 bits per heavy atom. The van der Waals surface area contributed by atoms with Crippen LogP contribution in [0.5, 0.6) is 5.75 Å². The maximum atomic E-state index is 13.0. The molecule has 3 rings (SSSR count). The number of ether oxygens (including phenoxy) is 1. The minimum Gasteiger partial charge on any atom is -0.433 e. The number of fused-ring (bicyclic) bond motifs is 1. The number of carbonyl (C=O) groups excluding carboxylic acids is 1. The average molecular weight is 402 g/mol. The summed E-state index contributed by atoms with van der Waals surface area (Å²) in [4.78, 5) is 15.9. The first kappa shape index (κ1) is 20.4. The van der Waals surface area contributed by atoms with E-state index in [0.29, 0.717) is 34.9 Å². The Labute approximate surface area is 165 Å². The predicted octanol–water partition coefficient (Wildman–Crippen LogP) is 3.27. The summed E-state index contributed by atoms with van der Waals surface area (Å²) in [5.41, 5.74) is 2.12. The first-order chi connectivity index (χ1) is 13.7. The second-order valence-electron chi connectivity index (χ2n) is 6.46. The molecule has 0 saturated heterocycles. The van der Waals surface area contributed by atoms with Crippen molar-refractivity contribution in [2.45, 2.75) is 32.6 Å². The molecule has 0 aliphatic carbocycles. The van der Waals surface area contributed by atoms with Crippen molar-refractivity contribution in [2.75, 3.05) is 0 Å². The van der Waals surface area contributed by atoms with E-state index in [4.69, 9.17) is 0 Å². The Balaban J connectivity index is 2.07. The molecule has 2 aromatic heterocycles. The van der Waals surface area contributed by atoms with Crippen molar-refractivity contribution in [1.82, 2.24) is 20.1 Å². The number of aliphatic hydroxyl groups excluding tert-OH is 1. The molecule has 0 fully saturated rings. The molecular formula is C20H20F2N4O3. The van der Waals surface area contributed by atoms with Crippen LogP contribution in [0.1, 0.15) is 31.2 Å².